The molecule has 2 aromatic rings. The number of nitrogens with two attached hydrogens (primary N) is 1. The summed E-state index contributed by atoms with van der Waals surface area (Å²) in [6, 6.07) is 13.0. The first-order valence-corrected chi connectivity index (χ1v) is 7.33. The number of aryl methyl sites for hydroxylation is 1. The third-order valence-corrected chi connectivity index (χ3v) is 3.73. The van der Waals surface area contributed by atoms with Crippen LogP contribution in [0.15, 0.2) is 42.5 Å². The second-order valence-electron chi connectivity index (χ2n) is 5.02. The second kappa shape index (κ2) is 6.64. The van der Waals surface area contributed by atoms with E-state index in [1.54, 1.807) is 18.2 Å². The van der Waals surface area contributed by atoms with Crippen molar-refractivity contribution in [1.82, 2.24) is 5.32 Å². The van der Waals surface area contributed by atoms with Crippen LogP contribution in [-0.2, 0) is 6.42 Å². The zero-order valence-corrected chi connectivity index (χ0v) is 12.9. The van der Waals surface area contributed by atoms with E-state index in [1.165, 1.54) is 5.56 Å². The molecule has 0 saturated heterocycles. The van der Waals surface area contributed by atoms with Gasteiger partial charge in [-0.3, -0.25) is 4.79 Å². The van der Waals surface area contributed by atoms with Gasteiger partial charge < -0.3 is 11.1 Å². The number of hydrogen-bond acceptors (Lipinski definition) is 2. The van der Waals surface area contributed by atoms with Crippen LogP contribution in [0.2, 0.25) is 5.02 Å². The average Bonchev–Trinajstić information content (AvgIpc) is 2.49. The lowest BCUT2D eigenvalue weighted by molar-refractivity contribution is 0.0941. The fraction of sp³-hybridized carbons (Fsp3) is 0.235. The van der Waals surface area contributed by atoms with Gasteiger partial charge in [-0.1, -0.05) is 42.8 Å². The van der Waals surface area contributed by atoms with Gasteiger partial charge in [-0.25, -0.2) is 0 Å². The van der Waals surface area contributed by atoms with Crippen molar-refractivity contribution in [3.8, 4) is 0 Å². The van der Waals surface area contributed by atoms with Crippen LogP contribution >= 0.6 is 11.6 Å². The molecule has 0 spiro atoms. The summed E-state index contributed by atoms with van der Waals surface area (Å²) in [5.41, 5.74) is 8.98. The summed E-state index contributed by atoms with van der Waals surface area (Å²) in [6.07, 6.45) is 1.00. The topological polar surface area (TPSA) is 55.1 Å². The molecule has 3 N–H and O–H groups in total. The number of carbonyl (C=O) groups excluding carboxylic acids is 1. The van der Waals surface area contributed by atoms with E-state index in [-0.39, 0.29) is 11.9 Å². The van der Waals surface area contributed by atoms with Gasteiger partial charge in [0, 0.05) is 10.7 Å². The molecule has 0 radical (unpaired) electrons. The Kier molecular flexibility index (Phi) is 4.86. The third kappa shape index (κ3) is 3.76. The largest absolute Gasteiger partial charge is 0.398 e. The highest BCUT2D eigenvalue weighted by Crippen LogP contribution is 2.20. The second-order valence-corrected chi connectivity index (χ2v) is 5.46. The van der Waals surface area contributed by atoms with Gasteiger partial charge in [-0.15, -0.1) is 0 Å². The Labute approximate surface area is 130 Å². The molecule has 0 aliphatic carbocycles. The first-order chi connectivity index (χ1) is 10.0. The van der Waals surface area contributed by atoms with Crippen LogP contribution in [0.3, 0.4) is 0 Å². The van der Waals surface area contributed by atoms with Gasteiger partial charge in [0.15, 0.2) is 0 Å². The Morgan fingerprint density at radius 3 is 2.52 bits per heavy atom. The van der Waals surface area contributed by atoms with Crippen molar-refractivity contribution < 1.29 is 4.79 Å². The predicted molar refractivity (Wildman–Crippen MR) is 87.6 cm³/mol. The summed E-state index contributed by atoms with van der Waals surface area (Å²) >= 11 is 5.91. The lowest BCUT2D eigenvalue weighted by Gasteiger charge is -2.16. The summed E-state index contributed by atoms with van der Waals surface area (Å²) in [7, 11) is 0. The van der Waals surface area contributed by atoms with E-state index in [0.717, 1.165) is 12.0 Å². The standard InChI is InChI=1S/C17H19ClN2O/c1-3-12-4-6-13(7-5-12)11(2)20-17(21)15-10-14(18)8-9-16(15)19/h4-11H,3,19H2,1-2H3,(H,20,21). The molecule has 0 saturated carbocycles. The number of benzene rings is 2. The SMILES string of the molecule is CCc1ccc(C(C)NC(=O)c2cc(Cl)ccc2N)cc1. The fourth-order valence-electron chi connectivity index (χ4n) is 2.12. The van der Waals surface area contributed by atoms with E-state index in [2.05, 4.69) is 24.4 Å². The zero-order chi connectivity index (χ0) is 15.4. The molecule has 0 heterocycles. The Balaban J connectivity index is 2.12. The van der Waals surface area contributed by atoms with E-state index in [9.17, 15) is 4.79 Å². The molecular formula is C17H19ClN2O. The maximum atomic E-state index is 12.3. The monoisotopic (exact) mass is 302 g/mol. The number of nitrogen functional groups attached to an aromatic ring is 1. The molecule has 1 atom stereocenters. The van der Waals surface area contributed by atoms with Gasteiger partial charge >= 0.3 is 0 Å². The van der Waals surface area contributed by atoms with Gasteiger partial charge in [0.05, 0.1) is 11.6 Å². The highest BCUT2D eigenvalue weighted by atomic mass is 35.5. The van der Waals surface area contributed by atoms with E-state index in [0.29, 0.717) is 16.3 Å². The molecule has 0 aliphatic heterocycles. The molecule has 2 rings (SSSR count). The van der Waals surface area contributed by atoms with Crippen LogP contribution in [0.25, 0.3) is 0 Å². The summed E-state index contributed by atoms with van der Waals surface area (Å²) in [4.78, 5) is 12.3. The molecule has 0 fully saturated rings. The highest BCUT2D eigenvalue weighted by molar-refractivity contribution is 6.31. The molecule has 1 unspecified atom stereocenters. The molecule has 2 aromatic carbocycles. The van der Waals surface area contributed by atoms with E-state index in [4.69, 9.17) is 17.3 Å². The van der Waals surface area contributed by atoms with Crippen molar-refractivity contribution in [2.75, 3.05) is 5.73 Å². The maximum Gasteiger partial charge on any atom is 0.253 e. The highest BCUT2D eigenvalue weighted by Gasteiger charge is 2.14. The van der Waals surface area contributed by atoms with Crippen molar-refractivity contribution in [2.45, 2.75) is 26.3 Å². The molecule has 0 aromatic heterocycles. The molecule has 21 heavy (non-hydrogen) atoms. The van der Waals surface area contributed by atoms with Gasteiger partial charge in [-0.05, 0) is 42.7 Å². The maximum absolute atomic E-state index is 12.3. The number of hydrogen-bond donors (Lipinski definition) is 2. The molecule has 3 nitrogen and oxygen atoms in total. The van der Waals surface area contributed by atoms with Crippen LogP contribution in [0.4, 0.5) is 5.69 Å². The Hall–Kier alpha value is -2.00. The van der Waals surface area contributed by atoms with Crippen molar-refractivity contribution in [1.29, 1.82) is 0 Å². The van der Waals surface area contributed by atoms with Crippen LogP contribution in [0.1, 0.15) is 41.4 Å². The van der Waals surface area contributed by atoms with Crippen LogP contribution < -0.4 is 11.1 Å². The minimum atomic E-state index is -0.220. The van der Waals surface area contributed by atoms with E-state index in [1.807, 2.05) is 19.1 Å². The number of nitrogens with one attached hydrogen (secondary N) is 1. The Morgan fingerprint density at radius 1 is 1.24 bits per heavy atom. The predicted octanol–water partition coefficient (Wildman–Crippen LogP) is 3.98. The van der Waals surface area contributed by atoms with Gasteiger partial charge in [0.2, 0.25) is 0 Å². The van der Waals surface area contributed by atoms with Crippen LogP contribution in [0, 0.1) is 0 Å². The molecule has 110 valence electrons. The van der Waals surface area contributed by atoms with Crippen molar-refractivity contribution in [3.05, 3.63) is 64.2 Å². The van der Waals surface area contributed by atoms with Crippen molar-refractivity contribution >= 4 is 23.2 Å². The lowest BCUT2D eigenvalue weighted by atomic mass is 10.0. The molecule has 0 bridgehead atoms. The quantitative estimate of drug-likeness (QED) is 0.839. The minimum Gasteiger partial charge on any atom is -0.398 e. The van der Waals surface area contributed by atoms with Crippen molar-refractivity contribution in [3.63, 3.8) is 0 Å². The normalized spacial score (nSPS) is 12.0. The van der Waals surface area contributed by atoms with Crippen LogP contribution in [-0.4, -0.2) is 5.91 Å². The summed E-state index contributed by atoms with van der Waals surface area (Å²) < 4.78 is 0. The van der Waals surface area contributed by atoms with E-state index < -0.39 is 0 Å². The summed E-state index contributed by atoms with van der Waals surface area (Å²) in [5, 5.41) is 3.44. The summed E-state index contributed by atoms with van der Waals surface area (Å²) in [6.45, 7) is 4.06. The third-order valence-electron chi connectivity index (χ3n) is 3.50. The van der Waals surface area contributed by atoms with E-state index >= 15 is 0 Å². The number of amides is 1. The smallest absolute Gasteiger partial charge is 0.253 e. The number of halogens is 1. The number of anilines is 1. The van der Waals surface area contributed by atoms with Gasteiger partial charge in [0.25, 0.3) is 5.91 Å². The molecule has 0 aliphatic rings. The van der Waals surface area contributed by atoms with Gasteiger partial charge in [0.1, 0.15) is 0 Å². The Morgan fingerprint density at radius 2 is 1.90 bits per heavy atom. The molecule has 4 heteroatoms. The number of carbonyl (C=O) groups is 1. The zero-order valence-electron chi connectivity index (χ0n) is 12.2. The Bertz CT molecular complexity index is 638. The van der Waals surface area contributed by atoms with Crippen LogP contribution in [0.5, 0.6) is 0 Å². The molecule has 1 amide bonds. The first-order valence-electron chi connectivity index (χ1n) is 6.96. The fourth-order valence-corrected chi connectivity index (χ4v) is 2.30. The van der Waals surface area contributed by atoms with Crippen molar-refractivity contribution in [2.24, 2.45) is 0 Å². The lowest BCUT2D eigenvalue weighted by Crippen LogP contribution is -2.27. The minimum absolute atomic E-state index is 0.0956. The van der Waals surface area contributed by atoms with Gasteiger partial charge in [-0.2, -0.15) is 0 Å². The summed E-state index contributed by atoms with van der Waals surface area (Å²) in [5.74, 6) is -0.220. The first kappa shape index (κ1) is 15.4. The molecular weight excluding hydrogens is 284 g/mol. The average molecular weight is 303 g/mol. The number of rotatable bonds is 4.